The van der Waals surface area contributed by atoms with Crippen molar-refractivity contribution in [2.45, 2.75) is 19.5 Å². The molecule has 6 nitrogen and oxygen atoms in total. The number of fused-ring (bicyclic) bond motifs is 1. The van der Waals surface area contributed by atoms with E-state index in [0.717, 1.165) is 0 Å². The summed E-state index contributed by atoms with van der Waals surface area (Å²) < 4.78 is 19.9. The van der Waals surface area contributed by atoms with Crippen LogP contribution in [0.3, 0.4) is 0 Å². The summed E-state index contributed by atoms with van der Waals surface area (Å²) in [5, 5.41) is 3.20. The van der Waals surface area contributed by atoms with Crippen LogP contribution in [-0.2, 0) is 11.3 Å². The van der Waals surface area contributed by atoms with Crippen molar-refractivity contribution in [2.75, 3.05) is 7.11 Å². The zero-order valence-corrected chi connectivity index (χ0v) is 14.4. The first kappa shape index (κ1) is 17.6. The molecule has 1 N–H and O–H groups in total. The normalized spacial score (nSPS) is 12.0. The molecule has 1 heterocycles. The highest BCUT2D eigenvalue weighted by molar-refractivity contribution is 5.79. The summed E-state index contributed by atoms with van der Waals surface area (Å²) in [7, 11) is 1.39. The summed E-state index contributed by atoms with van der Waals surface area (Å²) in [6.07, 6.45) is 1.35. The second-order valence-electron chi connectivity index (χ2n) is 5.88. The van der Waals surface area contributed by atoms with Crippen molar-refractivity contribution in [3.63, 3.8) is 0 Å². The van der Waals surface area contributed by atoms with E-state index in [-0.39, 0.29) is 23.8 Å². The molecule has 1 amide bonds. The van der Waals surface area contributed by atoms with Gasteiger partial charge in [-0.2, -0.15) is 0 Å². The van der Waals surface area contributed by atoms with Gasteiger partial charge < -0.3 is 10.1 Å². The Balaban J connectivity index is 1.73. The Morgan fingerprint density at radius 2 is 2.08 bits per heavy atom. The molecule has 0 bridgehead atoms. The van der Waals surface area contributed by atoms with Gasteiger partial charge in [-0.05, 0) is 36.8 Å². The average molecular weight is 355 g/mol. The second-order valence-corrected chi connectivity index (χ2v) is 5.88. The molecular weight excluding hydrogens is 337 g/mol. The Hall–Kier alpha value is -3.22. The number of hydrogen-bond acceptors (Lipinski definition) is 4. The second kappa shape index (κ2) is 7.35. The summed E-state index contributed by atoms with van der Waals surface area (Å²) in [6, 6.07) is 11.0. The number of hydrogen-bond donors (Lipinski definition) is 1. The maximum atomic E-state index is 13.8. The van der Waals surface area contributed by atoms with Gasteiger partial charge in [0.25, 0.3) is 5.56 Å². The molecule has 134 valence electrons. The third-order valence-electron chi connectivity index (χ3n) is 4.10. The van der Waals surface area contributed by atoms with Crippen LogP contribution in [0.5, 0.6) is 5.75 Å². The fraction of sp³-hybridized carbons (Fsp3) is 0.211. The molecule has 0 unspecified atom stereocenters. The smallest absolute Gasteiger partial charge is 0.261 e. The largest absolute Gasteiger partial charge is 0.494 e. The highest BCUT2D eigenvalue weighted by Crippen LogP contribution is 2.21. The first-order valence-electron chi connectivity index (χ1n) is 8.06. The van der Waals surface area contributed by atoms with E-state index in [2.05, 4.69) is 10.3 Å². The van der Waals surface area contributed by atoms with Crippen LogP contribution in [0.1, 0.15) is 18.5 Å². The molecule has 0 fully saturated rings. The lowest BCUT2D eigenvalue weighted by atomic mass is 10.1. The van der Waals surface area contributed by atoms with Gasteiger partial charge in [0.1, 0.15) is 6.54 Å². The third kappa shape index (κ3) is 3.56. The number of carbonyl (C=O) groups excluding carboxylic acids is 1. The molecule has 3 rings (SSSR count). The van der Waals surface area contributed by atoms with Crippen molar-refractivity contribution in [2.24, 2.45) is 0 Å². The SMILES string of the molecule is COc1ccc([C@@H](C)NC(=O)Cn2cnc3ccccc3c2=O)cc1F. The Morgan fingerprint density at radius 3 is 2.81 bits per heavy atom. The molecule has 0 radical (unpaired) electrons. The zero-order chi connectivity index (χ0) is 18.7. The molecule has 2 aromatic carbocycles. The van der Waals surface area contributed by atoms with Crippen molar-refractivity contribution < 1.29 is 13.9 Å². The highest BCUT2D eigenvalue weighted by atomic mass is 19.1. The Bertz CT molecular complexity index is 1020. The highest BCUT2D eigenvalue weighted by Gasteiger charge is 2.14. The molecule has 0 saturated carbocycles. The number of methoxy groups -OCH3 is 1. The molecular formula is C19H18FN3O3. The van der Waals surface area contributed by atoms with Gasteiger partial charge in [-0.1, -0.05) is 18.2 Å². The van der Waals surface area contributed by atoms with Crippen LogP contribution in [0.2, 0.25) is 0 Å². The van der Waals surface area contributed by atoms with E-state index in [1.807, 2.05) is 0 Å². The Morgan fingerprint density at radius 1 is 1.31 bits per heavy atom. The Kier molecular flexibility index (Phi) is 4.97. The first-order chi connectivity index (χ1) is 12.5. The molecule has 1 atom stereocenters. The fourth-order valence-corrected chi connectivity index (χ4v) is 2.70. The zero-order valence-electron chi connectivity index (χ0n) is 14.4. The monoisotopic (exact) mass is 355 g/mol. The lowest BCUT2D eigenvalue weighted by Crippen LogP contribution is -2.34. The summed E-state index contributed by atoms with van der Waals surface area (Å²) in [5.41, 5.74) is 0.894. The van der Waals surface area contributed by atoms with Crippen molar-refractivity contribution in [3.05, 3.63) is 70.5 Å². The minimum Gasteiger partial charge on any atom is -0.494 e. The lowest BCUT2D eigenvalue weighted by Gasteiger charge is -2.16. The maximum Gasteiger partial charge on any atom is 0.261 e. The van der Waals surface area contributed by atoms with Gasteiger partial charge in [0.2, 0.25) is 5.91 Å². The van der Waals surface area contributed by atoms with Gasteiger partial charge in [-0.15, -0.1) is 0 Å². The van der Waals surface area contributed by atoms with Crippen LogP contribution in [0.15, 0.2) is 53.6 Å². The lowest BCUT2D eigenvalue weighted by molar-refractivity contribution is -0.122. The third-order valence-corrected chi connectivity index (χ3v) is 4.10. The van der Waals surface area contributed by atoms with Crippen molar-refractivity contribution in [3.8, 4) is 5.75 Å². The van der Waals surface area contributed by atoms with E-state index in [0.29, 0.717) is 16.5 Å². The average Bonchev–Trinajstić information content (AvgIpc) is 2.64. The van der Waals surface area contributed by atoms with Crippen molar-refractivity contribution in [1.82, 2.24) is 14.9 Å². The van der Waals surface area contributed by atoms with Gasteiger partial charge >= 0.3 is 0 Å². The van der Waals surface area contributed by atoms with Gasteiger partial charge in [-0.25, -0.2) is 9.37 Å². The van der Waals surface area contributed by atoms with Crippen LogP contribution in [-0.4, -0.2) is 22.6 Å². The van der Waals surface area contributed by atoms with Crippen LogP contribution in [0.25, 0.3) is 10.9 Å². The number of rotatable bonds is 5. The number of ether oxygens (including phenoxy) is 1. The van der Waals surface area contributed by atoms with Crippen molar-refractivity contribution in [1.29, 1.82) is 0 Å². The van der Waals surface area contributed by atoms with Crippen LogP contribution >= 0.6 is 0 Å². The molecule has 1 aromatic heterocycles. The number of carbonyl (C=O) groups is 1. The predicted molar refractivity (Wildman–Crippen MR) is 95.5 cm³/mol. The maximum absolute atomic E-state index is 13.8. The molecule has 7 heteroatoms. The number of nitrogens with one attached hydrogen (secondary N) is 1. The molecule has 26 heavy (non-hydrogen) atoms. The number of amides is 1. The summed E-state index contributed by atoms with van der Waals surface area (Å²) >= 11 is 0. The number of nitrogens with zero attached hydrogens (tertiary/aromatic N) is 2. The van der Waals surface area contributed by atoms with E-state index in [4.69, 9.17) is 4.74 Å². The predicted octanol–water partition coefficient (Wildman–Crippen LogP) is 2.42. The number of para-hydroxylation sites is 1. The number of halogens is 1. The molecule has 0 saturated heterocycles. The minimum atomic E-state index is -0.499. The minimum absolute atomic E-state index is 0.140. The van der Waals surface area contributed by atoms with Gasteiger partial charge in [0, 0.05) is 0 Å². The molecule has 0 aliphatic carbocycles. The van der Waals surface area contributed by atoms with Crippen LogP contribution in [0.4, 0.5) is 4.39 Å². The molecule has 3 aromatic rings. The first-order valence-corrected chi connectivity index (χ1v) is 8.06. The van der Waals surface area contributed by atoms with Gasteiger partial charge in [0.15, 0.2) is 11.6 Å². The summed E-state index contributed by atoms with van der Waals surface area (Å²) in [5.74, 6) is -0.727. The summed E-state index contributed by atoms with van der Waals surface area (Å²) in [4.78, 5) is 28.9. The van der Waals surface area contributed by atoms with E-state index in [1.54, 1.807) is 37.3 Å². The van der Waals surface area contributed by atoms with E-state index in [9.17, 15) is 14.0 Å². The Labute approximate surface area is 149 Å². The topological polar surface area (TPSA) is 73.2 Å². The van der Waals surface area contributed by atoms with Gasteiger partial charge in [-0.3, -0.25) is 14.2 Å². The number of benzene rings is 2. The quantitative estimate of drug-likeness (QED) is 0.763. The van der Waals surface area contributed by atoms with Crippen LogP contribution in [0, 0.1) is 5.82 Å². The van der Waals surface area contributed by atoms with E-state index in [1.165, 1.54) is 30.1 Å². The molecule has 0 spiro atoms. The standard InChI is InChI=1S/C19H18FN3O3/c1-12(13-7-8-17(26-2)15(20)9-13)22-18(24)10-23-11-21-16-6-4-3-5-14(16)19(23)25/h3-9,11-12H,10H2,1-2H3,(H,22,24)/t12-/m1/s1. The molecule has 0 aliphatic rings. The summed E-state index contributed by atoms with van der Waals surface area (Å²) in [6.45, 7) is 1.57. The van der Waals surface area contributed by atoms with E-state index < -0.39 is 11.9 Å². The van der Waals surface area contributed by atoms with E-state index >= 15 is 0 Å². The fourth-order valence-electron chi connectivity index (χ4n) is 2.70. The van der Waals surface area contributed by atoms with Gasteiger partial charge in [0.05, 0.1) is 30.4 Å². The van der Waals surface area contributed by atoms with Crippen LogP contribution < -0.4 is 15.6 Å². The molecule has 0 aliphatic heterocycles. The van der Waals surface area contributed by atoms with Crippen molar-refractivity contribution >= 4 is 16.8 Å². The number of aromatic nitrogens is 2.